The quantitative estimate of drug-likeness (QED) is 0.839. The maximum absolute atomic E-state index is 11.4. The van der Waals surface area contributed by atoms with Gasteiger partial charge in [-0.1, -0.05) is 12.1 Å². The van der Waals surface area contributed by atoms with Crippen LogP contribution in [0.2, 0.25) is 0 Å². The molecule has 0 aliphatic carbocycles. The van der Waals surface area contributed by atoms with Gasteiger partial charge in [-0.2, -0.15) is 0 Å². The van der Waals surface area contributed by atoms with Crippen LogP contribution < -0.4 is 11.1 Å². The number of hydrogen-bond acceptors (Lipinski definition) is 4. The molecule has 0 saturated heterocycles. The Labute approximate surface area is 107 Å². The summed E-state index contributed by atoms with van der Waals surface area (Å²) >= 11 is 0. The molecule has 0 heterocycles. The fourth-order valence-electron chi connectivity index (χ4n) is 1.43. The maximum Gasteiger partial charge on any atom is 0.237 e. The average molecular weight is 270 g/mol. The molecular formula is C12H18N2O3S. The molecule has 1 aromatic carbocycles. The lowest BCUT2D eigenvalue weighted by Gasteiger charge is -2.16. The zero-order chi connectivity index (χ0) is 13.9. The first kappa shape index (κ1) is 14.7. The van der Waals surface area contributed by atoms with Crippen LogP contribution in [0.1, 0.15) is 25.5 Å². The minimum Gasteiger partial charge on any atom is -0.348 e. The first-order valence-electron chi connectivity index (χ1n) is 5.58. The number of amides is 1. The molecular weight excluding hydrogens is 252 g/mol. The molecule has 3 N–H and O–H groups in total. The van der Waals surface area contributed by atoms with Crippen LogP contribution in [0.15, 0.2) is 29.2 Å². The highest BCUT2D eigenvalue weighted by Crippen LogP contribution is 2.16. The Bertz CT molecular complexity index is 521. The summed E-state index contributed by atoms with van der Waals surface area (Å²) in [6, 6.07) is 5.64. The van der Waals surface area contributed by atoms with Crippen LogP contribution in [0.3, 0.4) is 0 Å². The zero-order valence-corrected chi connectivity index (χ0v) is 11.5. The predicted molar refractivity (Wildman–Crippen MR) is 69.8 cm³/mol. The Hall–Kier alpha value is -1.40. The second-order valence-corrected chi connectivity index (χ2v) is 6.38. The number of benzene rings is 1. The summed E-state index contributed by atoms with van der Waals surface area (Å²) in [5.41, 5.74) is 6.28. The lowest BCUT2D eigenvalue weighted by molar-refractivity contribution is -0.122. The van der Waals surface area contributed by atoms with E-state index in [-0.39, 0.29) is 16.8 Å². The van der Waals surface area contributed by atoms with Crippen molar-refractivity contribution in [2.24, 2.45) is 5.73 Å². The van der Waals surface area contributed by atoms with Gasteiger partial charge in [-0.3, -0.25) is 4.79 Å². The molecule has 0 fully saturated rings. The highest BCUT2D eigenvalue weighted by Gasteiger charge is 2.13. The molecule has 0 aliphatic heterocycles. The highest BCUT2D eigenvalue weighted by atomic mass is 32.2. The first-order chi connectivity index (χ1) is 8.21. The highest BCUT2D eigenvalue weighted by molar-refractivity contribution is 7.90. The van der Waals surface area contributed by atoms with Gasteiger partial charge in [0.25, 0.3) is 0 Å². The summed E-state index contributed by atoms with van der Waals surface area (Å²) in [5.74, 6) is -0.241. The number of carbonyl (C=O) groups is 1. The lowest BCUT2D eigenvalue weighted by Crippen LogP contribution is -2.39. The van der Waals surface area contributed by atoms with E-state index in [4.69, 9.17) is 5.73 Å². The Morgan fingerprint density at radius 3 is 2.11 bits per heavy atom. The molecule has 0 saturated carbocycles. The molecule has 1 rings (SSSR count). The Kier molecular flexibility index (Phi) is 4.48. The van der Waals surface area contributed by atoms with E-state index in [1.807, 2.05) is 6.92 Å². The van der Waals surface area contributed by atoms with Crippen molar-refractivity contribution in [3.05, 3.63) is 29.8 Å². The van der Waals surface area contributed by atoms with Gasteiger partial charge >= 0.3 is 0 Å². The lowest BCUT2D eigenvalue weighted by atomic mass is 10.1. The van der Waals surface area contributed by atoms with Gasteiger partial charge in [0, 0.05) is 6.26 Å². The Balaban J connectivity index is 2.83. The fourth-order valence-corrected chi connectivity index (χ4v) is 2.06. The predicted octanol–water partition coefficient (Wildman–Crippen LogP) is 0.615. The molecule has 0 aromatic heterocycles. The SMILES string of the molecule is CC(NC(=O)[C@@H](C)N)c1ccc(S(C)(=O)=O)cc1. The van der Waals surface area contributed by atoms with Gasteiger partial charge in [0.05, 0.1) is 17.0 Å². The number of sulfone groups is 1. The average Bonchev–Trinajstić information content (AvgIpc) is 2.27. The van der Waals surface area contributed by atoms with Gasteiger partial charge in [0.1, 0.15) is 0 Å². The zero-order valence-electron chi connectivity index (χ0n) is 10.7. The summed E-state index contributed by atoms with van der Waals surface area (Å²) < 4.78 is 22.6. The van der Waals surface area contributed by atoms with Crippen molar-refractivity contribution in [1.82, 2.24) is 5.32 Å². The van der Waals surface area contributed by atoms with Crippen LogP contribution in [0.5, 0.6) is 0 Å². The van der Waals surface area contributed by atoms with Crippen LogP contribution in [0, 0.1) is 0 Å². The van der Waals surface area contributed by atoms with Crippen molar-refractivity contribution < 1.29 is 13.2 Å². The molecule has 100 valence electrons. The molecule has 18 heavy (non-hydrogen) atoms. The van der Waals surface area contributed by atoms with E-state index in [0.717, 1.165) is 11.8 Å². The van der Waals surface area contributed by atoms with Crippen LogP contribution in [0.25, 0.3) is 0 Å². The number of rotatable bonds is 4. The number of carbonyl (C=O) groups excluding carboxylic acids is 1. The normalized spacial score (nSPS) is 14.9. The van der Waals surface area contributed by atoms with Gasteiger partial charge in [-0.15, -0.1) is 0 Å². The van der Waals surface area contributed by atoms with Crippen LogP contribution in [-0.2, 0) is 14.6 Å². The molecule has 1 aromatic rings. The van der Waals surface area contributed by atoms with Crippen LogP contribution in [-0.4, -0.2) is 26.6 Å². The van der Waals surface area contributed by atoms with E-state index >= 15 is 0 Å². The fraction of sp³-hybridized carbons (Fsp3) is 0.417. The topological polar surface area (TPSA) is 89.3 Å². The van der Waals surface area contributed by atoms with Crippen molar-refractivity contribution in [2.45, 2.75) is 30.8 Å². The van der Waals surface area contributed by atoms with Crippen molar-refractivity contribution in [2.75, 3.05) is 6.26 Å². The summed E-state index contributed by atoms with van der Waals surface area (Å²) in [6.45, 7) is 3.42. The van der Waals surface area contributed by atoms with Crippen molar-refractivity contribution in [3.8, 4) is 0 Å². The van der Waals surface area contributed by atoms with Crippen molar-refractivity contribution in [1.29, 1.82) is 0 Å². The third kappa shape index (κ3) is 3.82. The molecule has 1 amide bonds. The van der Waals surface area contributed by atoms with Crippen LogP contribution in [0.4, 0.5) is 0 Å². The summed E-state index contributed by atoms with van der Waals surface area (Å²) in [7, 11) is -3.19. The van der Waals surface area contributed by atoms with Crippen LogP contribution >= 0.6 is 0 Å². The van der Waals surface area contributed by atoms with E-state index in [1.54, 1.807) is 19.1 Å². The summed E-state index contributed by atoms with van der Waals surface area (Å²) in [5, 5.41) is 2.74. The largest absolute Gasteiger partial charge is 0.348 e. The molecule has 5 nitrogen and oxygen atoms in total. The molecule has 0 radical (unpaired) electrons. The molecule has 0 spiro atoms. The van der Waals surface area contributed by atoms with Gasteiger partial charge in [-0.05, 0) is 31.5 Å². The standard InChI is InChI=1S/C12H18N2O3S/c1-8(13)12(15)14-9(2)10-4-6-11(7-5-10)18(3,16)17/h4-9H,13H2,1-3H3,(H,14,15)/t8-,9?/m1/s1. The van der Waals surface area contributed by atoms with Crippen molar-refractivity contribution in [3.63, 3.8) is 0 Å². The Morgan fingerprint density at radius 2 is 1.72 bits per heavy atom. The number of hydrogen-bond donors (Lipinski definition) is 2. The minimum absolute atomic E-state index is 0.211. The number of nitrogens with two attached hydrogens (primary N) is 1. The maximum atomic E-state index is 11.4. The van der Waals surface area contributed by atoms with E-state index in [2.05, 4.69) is 5.32 Å². The number of nitrogens with one attached hydrogen (secondary N) is 1. The third-order valence-corrected chi connectivity index (χ3v) is 3.71. The molecule has 6 heteroatoms. The van der Waals surface area contributed by atoms with Crippen molar-refractivity contribution >= 4 is 15.7 Å². The molecule has 1 unspecified atom stereocenters. The molecule has 0 aliphatic rings. The monoisotopic (exact) mass is 270 g/mol. The smallest absolute Gasteiger partial charge is 0.237 e. The minimum atomic E-state index is -3.19. The molecule has 0 bridgehead atoms. The van der Waals surface area contributed by atoms with E-state index in [0.29, 0.717) is 0 Å². The third-order valence-electron chi connectivity index (χ3n) is 2.58. The first-order valence-corrected chi connectivity index (χ1v) is 7.47. The van der Waals surface area contributed by atoms with Gasteiger partial charge in [0.15, 0.2) is 9.84 Å². The Morgan fingerprint density at radius 1 is 1.22 bits per heavy atom. The van der Waals surface area contributed by atoms with E-state index < -0.39 is 15.9 Å². The van der Waals surface area contributed by atoms with Gasteiger partial charge in [0.2, 0.25) is 5.91 Å². The van der Waals surface area contributed by atoms with E-state index in [1.165, 1.54) is 12.1 Å². The van der Waals surface area contributed by atoms with E-state index in [9.17, 15) is 13.2 Å². The second-order valence-electron chi connectivity index (χ2n) is 4.36. The van der Waals surface area contributed by atoms with Gasteiger partial charge in [-0.25, -0.2) is 8.42 Å². The van der Waals surface area contributed by atoms with Gasteiger partial charge < -0.3 is 11.1 Å². The summed E-state index contributed by atoms with van der Waals surface area (Å²) in [4.78, 5) is 11.7. The molecule has 2 atom stereocenters. The second kappa shape index (κ2) is 5.49. The summed E-state index contributed by atoms with van der Waals surface area (Å²) in [6.07, 6.45) is 1.16.